The number of para-hydroxylation sites is 1. The van der Waals surface area contributed by atoms with Gasteiger partial charge in [-0.3, -0.25) is 9.59 Å². The molecular weight excluding hydrogens is 306 g/mol. The fourth-order valence-corrected chi connectivity index (χ4v) is 2.91. The van der Waals surface area contributed by atoms with Crippen LogP contribution in [0.1, 0.15) is 23.7 Å². The Balaban J connectivity index is 1.80. The van der Waals surface area contributed by atoms with Crippen molar-refractivity contribution in [2.75, 3.05) is 26.2 Å². The van der Waals surface area contributed by atoms with E-state index in [0.29, 0.717) is 44.0 Å². The van der Waals surface area contributed by atoms with Gasteiger partial charge in [-0.2, -0.15) is 0 Å². The lowest BCUT2D eigenvalue weighted by molar-refractivity contribution is -0.133. The van der Waals surface area contributed by atoms with Gasteiger partial charge < -0.3 is 20.7 Å². The summed E-state index contributed by atoms with van der Waals surface area (Å²) in [5.74, 6) is 0.395. The minimum absolute atomic E-state index is 0.0328. The lowest BCUT2D eigenvalue weighted by Crippen LogP contribution is -2.62. The van der Waals surface area contributed by atoms with Gasteiger partial charge in [0.2, 0.25) is 5.91 Å². The summed E-state index contributed by atoms with van der Waals surface area (Å²) in [7, 11) is 0. The molecule has 128 valence electrons. The highest BCUT2D eigenvalue weighted by molar-refractivity contribution is 5.97. The Kier molecular flexibility index (Phi) is 4.85. The van der Waals surface area contributed by atoms with Crippen LogP contribution in [0.2, 0.25) is 0 Å². The minimum Gasteiger partial charge on any atom is -0.489 e. The molecule has 0 saturated carbocycles. The van der Waals surface area contributed by atoms with Gasteiger partial charge >= 0.3 is 0 Å². The van der Waals surface area contributed by atoms with E-state index >= 15 is 0 Å². The van der Waals surface area contributed by atoms with Gasteiger partial charge in [0.05, 0.1) is 11.0 Å². The molecule has 24 heavy (non-hydrogen) atoms. The molecule has 1 fully saturated rings. The molecule has 1 aromatic rings. The molecule has 2 aliphatic heterocycles. The molecule has 2 aliphatic rings. The molecule has 1 atom stereocenters. The van der Waals surface area contributed by atoms with Crippen molar-refractivity contribution >= 4 is 11.8 Å². The smallest absolute Gasteiger partial charge is 0.255 e. The van der Waals surface area contributed by atoms with Crippen LogP contribution in [0.4, 0.5) is 0 Å². The van der Waals surface area contributed by atoms with Gasteiger partial charge in [-0.05, 0) is 25.5 Å². The lowest BCUT2D eigenvalue weighted by atomic mass is 9.77. The van der Waals surface area contributed by atoms with Crippen molar-refractivity contribution in [1.82, 2.24) is 16.0 Å². The SMILES string of the molecule is C[C@@H]1CNC(=O)C2(C/C=C/COc3ccccc3C(=O)N1)CNC2. The highest BCUT2D eigenvalue weighted by atomic mass is 16.5. The summed E-state index contributed by atoms with van der Waals surface area (Å²) in [5.41, 5.74) is 0.114. The molecule has 0 unspecified atom stereocenters. The van der Waals surface area contributed by atoms with Crippen LogP contribution in [0, 0.1) is 5.41 Å². The zero-order chi connectivity index (χ0) is 17.0. The maximum Gasteiger partial charge on any atom is 0.255 e. The van der Waals surface area contributed by atoms with Crippen LogP contribution in [-0.2, 0) is 4.79 Å². The first-order chi connectivity index (χ1) is 11.6. The molecule has 3 rings (SSSR count). The summed E-state index contributed by atoms with van der Waals surface area (Å²) in [6.45, 7) is 3.99. The van der Waals surface area contributed by atoms with Crippen molar-refractivity contribution in [3.8, 4) is 5.75 Å². The number of hydrogen-bond acceptors (Lipinski definition) is 4. The molecular formula is C18H23N3O3. The number of carbonyl (C=O) groups is 2. The standard InChI is InChI=1S/C18H23N3O3/c1-13-10-20-17(23)18(11-19-12-18)8-4-5-9-24-15-7-3-2-6-14(15)16(22)21-13/h2-7,13,19H,8-12H2,1H3,(H,20,23)(H,21,22)/b5-4+/t13-/m1/s1. The predicted octanol–water partition coefficient (Wildman–Crippen LogP) is 0.849. The number of hydrogen-bond donors (Lipinski definition) is 3. The molecule has 6 heteroatoms. The number of fused-ring (bicyclic) bond motifs is 1. The number of rotatable bonds is 0. The Morgan fingerprint density at radius 3 is 2.71 bits per heavy atom. The van der Waals surface area contributed by atoms with Gasteiger partial charge in [0, 0.05) is 25.7 Å². The second-order valence-corrected chi connectivity index (χ2v) is 6.45. The maximum absolute atomic E-state index is 12.5. The molecule has 1 spiro atoms. The summed E-state index contributed by atoms with van der Waals surface area (Å²) in [4.78, 5) is 24.9. The molecule has 3 N–H and O–H groups in total. The van der Waals surface area contributed by atoms with Crippen LogP contribution in [0.5, 0.6) is 5.75 Å². The second-order valence-electron chi connectivity index (χ2n) is 6.45. The molecule has 0 radical (unpaired) electrons. The Morgan fingerprint density at radius 2 is 1.96 bits per heavy atom. The molecule has 0 aliphatic carbocycles. The zero-order valence-electron chi connectivity index (χ0n) is 13.8. The monoisotopic (exact) mass is 329 g/mol. The molecule has 6 nitrogen and oxygen atoms in total. The van der Waals surface area contributed by atoms with Crippen LogP contribution in [0.25, 0.3) is 0 Å². The van der Waals surface area contributed by atoms with E-state index < -0.39 is 0 Å². The van der Waals surface area contributed by atoms with E-state index in [0.717, 1.165) is 0 Å². The number of amides is 2. The normalized spacial score (nSPS) is 25.3. The van der Waals surface area contributed by atoms with Crippen molar-refractivity contribution in [2.45, 2.75) is 19.4 Å². The van der Waals surface area contributed by atoms with Gasteiger partial charge in [-0.25, -0.2) is 0 Å². The summed E-state index contributed by atoms with van der Waals surface area (Å²) in [5, 5.41) is 9.04. The van der Waals surface area contributed by atoms with Gasteiger partial charge in [-0.1, -0.05) is 24.3 Å². The van der Waals surface area contributed by atoms with Crippen molar-refractivity contribution in [1.29, 1.82) is 0 Å². The van der Waals surface area contributed by atoms with E-state index in [2.05, 4.69) is 16.0 Å². The molecule has 0 aromatic heterocycles. The third kappa shape index (κ3) is 3.43. The van der Waals surface area contributed by atoms with E-state index in [4.69, 9.17) is 4.74 Å². The van der Waals surface area contributed by atoms with Crippen molar-refractivity contribution in [2.24, 2.45) is 5.41 Å². The highest BCUT2D eigenvalue weighted by Gasteiger charge is 2.43. The first-order valence-corrected chi connectivity index (χ1v) is 8.27. The van der Waals surface area contributed by atoms with Crippen LogP contribution < -0.4 is 20.7 Å². The van der Waals surface area contributed by atoms with E-state index in [9.17, 15) is 9.59 Å². The molecule has 0 bridgehead atoms. The van der Waals surface area contributed by atoms with Gasteiger partial charge in [-0.15, -0.1) is 0 Å². The third-order valence-corrected chi connectivity index (χ3v) is 4.50. The van der Waals surface area contributed by atoms with Crippen molar-refractivity contribution < 1.29 is 14.3 Å². The van der Waals surface area contributed by atoms with E-state index in [-0.39, 0.29) is 23.3 Å². The second kappa shape index (κ2) is 7.05. The topological polar surface area (TPSA) is 79.5 Å². The summed E-state index contributed by atoms with van der Waals surface area (Å²) in [6.07, 6.45) is 4.56. The Morgan fingerprint density at radius 1 is 1.17 bits per heavy atom. The van der Waals surface area contributed by atoms with E-state index in [1.165, 1.54) is 0 Å². The fourth-order valence-electron chi connectivity index (χ4n) is 2.91. The number of nitrogens with one attached hydrogen (secondary N) is 3. The summed E-state index contributed by atoms with van der Waals surface area (Å²) >= 11 is 0. The average molecular weight is 329 g/mol. The zero-order valence-corrected chi connectivity index (χ0v) is 13.8. The van der Waals surface area contributed by atoms with E-state index in [1.807, 2.05) is 25.1 Å². The first kappa shape index (κ1) is 16.5. The van der Waals surface area contributed by atoms with Crippen LogP contribution in [0.3, 0.4) is 0 Å². The Hall–Kier alpha value is -2.34. The van der Waals surface area contributed by atoms with Crippen LogP contribution in [-0.4, -0.2) is 44.1 Å². The number of ether oxygens (including phenoxy) is 1. The van der Waals surface area contributed by atoms with Gasteiger partial charge in [0.25, 0.3) is 5.91 Å². The quantitative estimate of drug-likeness (QED) is 0.617. The predicted molar refractivity (Wildman–Crippen MR) is 90.9 cm³/mol. The number of carbonyl (C=O) groups excluding carboxylic acids is 2. The van der Waals surface area contributed by atoms with Crippen LogP contribution in [0.15, 0.2) is 36.4 Å². The largest absolute Gasteiger partial charge is 0.489 e. The number of allylic oxidation sites excluding steroid dienone is 1. The molecule has 2 amide bonds. The van der Waals surface area contributed by atoms with Crippen LogP contribution >= 0.6 is 0 Å². The maximum atomic E-state index is 12.5. The minimum atomic E-state index is -0.387. The summed E-state index contributed by atoms with van der Waals surface area (Å²) < 4.78 is 5.72. The average Bonchev–Trinajstić information content (AvgIpc) is 2.54. The lowest BCUT2D eigenvalue weighted by Gasteiger charge is -2.40. The molecule has 1 saturated heterocycles. The van der Waals surface area contributed by atoms with E-state index in [1.54, 1.807) is 18.2 Å². The Bertz CT molecular complexity index is 653. The van der Waals surface area contributed by atoms with Crippen molar-refractivity contribution in [3.63, 3.8) is 0 Å². The third-order valence-electron chi connectivity index (χ3n) is 4.50. The van der Waals surface area contributed by atoms with Crippen molar-refractivity contribution in [3.05, 3.63) is 42.0 Å². The number of benzene rings is 1. The summed E-state index contributed by atoms with van der Waals surface area (Å²) in [6, 6.07) is 7.01. The first-order valence-electron chi connectivity index (χ1n) is 8.27. The molecule has 2 heterocycles. The van der Waals surface area contributed by atoms with Gasteiger partial charge in [0.1, 0.15) is 12.4 Å². The molecule has 1 aromatic carbocycles. The fraction of sp³-hybridized carbons (Fsp3) is 0.444. The highest BCUT2D eigenvalue weighted by Crippen LogP contribution is 2.28. The Labute approximate surface area is 141 Å². The van der Waals surface area contributed by atoms with Gasteiger partial charge in [0.15, 0.2) is 0 Å².